The first-order valence-corrected chi connectivity index (χ1v) is 10.2. The average molecular weight is 472 g/mol. The van der Waals surface area contributed by atoms with Crippen LogP contribution >= 0.6 is 0 Å². The van der Waals surface area contributed by atoms with Crippen molar-refractivity contribution in [2.75, 3.05) is 11.1 Å². The van der Waals surface area contributed by atoms with Crippen LogP contribution in [0.15, 0.2) is 85.5 Å². The van der Waals surface area contributed by atoms with E-state index in [1.165, 1.54) is 19.1 Å². The molecule has 4 rings (SSSR count). The third kappa shape index (κ3) is 5.99. The molecule has 11 nitrogen and oxygen atoms in total. The van der Waals surface area contributed by atoms with Crippen molar-refractivity contribution in [3.05, 3.63) is 106 Å². The smallest absolute Gasteiger partial charge is 0.293 e. The maximum absolute atomic E-state index is 11.2. The molecule has 35 heavy (non-hydrogen) atoms. The minimum Gasteiger partial charge on any atom is -0.393 e. The van der Waals surface area contributed by atoms with E-state index in [9.17, 15) is 25.0 Å². The molecule has 0 aliphatic carbocycles. The molecule has 0 fully saturated rings. The molecule has 0 aliphatic heterocycles. The van der Waals surface area contributed by atoms with E-state index >= 15 is 0 Å². The van der Waals surface area contributed by atoms with Crippen LogP contribution in [0.2, 0.25) is 0 Å². The molecule has 2 heterocycles. The summed E-state index contributed by atoms with van der Waals surface area (Å²) >= 11 is 0. The lowest BCUT2D eigenvalue weighted by molar-refractivity contribution is -0.384. The van der Waals surface area contributed by atoms with Crippen molar-refractivity contribution < 1.29 is 14.6 Å². The number of amides is 1. The second kappa shape index (κ2) is 11.1. The third-order valence-corrected chi connectivity index (χ3v) is 4.77. The summed E-state index contributed by atoms with van der Waals surface area (Å²) in [5, 5.41) is 24.3. The van der Waals surface area contributed by atoms with Gasteiger partial charge >= 0.3 is 0 Å². The highest BCUT2D eigenvalue weighted by Gasteiger charge is 2.19. The molecule has 176 valence electrons. The van der Waals surface area contributed by atoms with Crippen LogP contribution in [0.3, 0.4) is 0 Å². The first kappa shape index (κ1) is 24.5. The van der Waals surface area contributed by atoms with Crippen LogP contribution in [0.5, 0.6) is 0 Å². The fourth-order valence-electron chi connectivity index (χ4n) is 3.25. The number of para-hydroxylation sites is 2. The van der Waals surface area contributed by atoms with Crippen LogP contribution in [-0.4, -0.2) is 25.7 Å². The van der Waals surface area contributed by atoms with Crippen LogP contribution in [0, 0.1) is 20.2 Å². The number of nitrogen functional groups attached to an aromatic ring is 1. The van der Waals surface area contributed by atoms with E-state index in [-0.39, 0.29) is 28.7 Å². The van der Waals surface area contributed by atoms with E-state index in [2.05, 4.69) is 15.3 Å². The number of anilines is 2. The number of hydrogen-bond donors (Lipinski definition) is 2. The summed E-state index contributed by atoms with van der Waals surface area (Å²) in [5.74, 6) is -0.362. The summed E-state index contributed by atoms with van der Waals surface area (Å²) in [6, 6.07) is 16.4. The highest BCUT2D eigenvalue weighted by atomic mass is 16.6. The van der Waals surface area contributed by atoms with Gasteiger partial charge in [-0.3, -0.25) is 35.0 Å². The minimum absolute atomic E-state index is 0.0821. The number of carbonyl (C=O) groups excluding carboxylic acids is 1. The molecule has 0 unspecified atom stereocenters. The van der Waals surface area contributed by atoms with Gasteiger partial charge in [-0.15, -0.1) is 0 Å². The molecule has 0 aliphatic rings. The first-order chi connectivity index (χ1) is 16.8. The molecule has 2 aromatic carbocycles. The Bertz CT molecular complexity index is 1360. The maximum atomic E-state index is 11.2. The molecule has 1 amide bonds. The lowest BCUT2D eigenvalue weighted by Crippen LogP contribution is -2.09. The van der Waals surface area contributed by atoms with Gasteiger partial charge in [0.2, 0.25) is 5.91 Å². The van der Waals surface area contributed by atoms with Crippen LogP contribution in [0.25, 0.3) is 22.3 Å². The quantitative estimate of drug-likeness (QED) is 0.236. The normalized spacial score (nSPS) is 9.97. The fourth-order valence-corrected chi connectivity index (χ4v) is 3.25. The standard InChI is InChI=1S/C13H11N3O3.C11H9N3O2/c1-9(17)15-13-11(10-4-3-7-14-8-10)5-2-6-12(13)16(18)19;12-11-9(8-3-2-6-13-7-8)4-1-5-10(11)14(15)16/h2-8H,1H3,(H,15,17);1-7H,12H2. The Morgan fingerprint density at radius 2 is 1.31 bits per heavy atom. The number of nitrogens with one attached hydrogen (secondary N) is 1. The number of nitro groups is 2. The van der Waals surface area contributed by atoms with E-state index in [0.29, 0.717) is 16.7 Å². The van der Waals surface area contributed by atoms with Gasteiger partial charge in [-0.05, 0) is 12.1 Å². The van der Waals surface area contributed by atoms with Gasteiger partial charge in [0.25, 0.3) is 11.4 Å². The zero-order valence-corrected chi connectivity index (χ0v) is 18.5. The number of benzene rings is 2. The summed E-state index contributed by atoms with van der Waals surface area (Å²) in [6.07, 6.45) is 6.45. The fraction of sp³-hybridized carbons (Fsp3) is 0.0417. The predicted octanol–water partition coefficient (Wildman–Crippen LogP) is 4.85. The molecule has 2 aromatic heterocycles. The topological polar surface area (TPSA) is 167 Å². The highest BCUT2D eigenvalue weighted by Crippen LogP contribution is 2.35. The molecular weight excluding hydrogens is 452 g/mol. The van der Waals surface area contributed by atoms with Crippen molar-refractivity contribution in [3.8, 4) is 22.3 Å². The Hall–Kier alpha value is -5.19. The van der Waals surface area contributed by atoms with Gasteiger partial charge < -0.3 is 11.1 Å². The number of nitrogens with two attached hydrogens (primary N) is 1. The van der Waals surface area contributed by atoms with Gasteiger partial charge in [0.15, 0.2) is 0 Å². The Morgan fingerprint density at radius 1 is 0.800 bits per heavy atom. The molecule has 3 N–H and O–H groups in total. The van der Waals surface area contributed by atoms with Gasteiger partial charge in [-0.2, -0.15) is 0 Å². The minimum atomic E-state index is -0.523. The Labute approximate surface area is 199 Å². The number of carbonyl (C=O) groups is 1. The SMILES string of the molecule is CC(=O)Nc1c(-c2cccnc2)cccc1[N+](=O)[O-].Nc1c(-c2cccnc2)cccc1[N+](=O)[O-]. The molecule has 0 radical (unpaired) electrons. The van der Waals surface area contributed by atoms with E-state index < -0.39 is 9.85 Å². The van der Waals surface area contributed by atoms with Crippen LogP contribution in [-0.2, 0) is 4.79 Å². The van der Waals surface area contributed by atoms with Crippen LogP contribution < -0.4 is 11.1 Å². The summed E-state index contributed by atoms with van der Waals surface area (Å²) in [4.78, 5) is 39.9. The number of pyridine rings is 2. The second-order valence-electron chi connectivity index (χ2n) is 7.12. The molecule has 0 atom stereocenters. The Morgan fingerprint density at radius 3 is 1.80 bits per heavy atom. The monoisotopic (exact) mass is 472 g/mol. The first-order valence-electron chi connectivity index (χ1n) is 10.2. The molecule has 0 spiro atoms. The zero-order chi connectivity index (χ0) is 25.4. The summed E-state index contributed by atoms with van der Waals surface area (Å²) in [6.45, 7) is 1.31. The summed E-state index contributed by atoms with van der Waals surface area (Å²) < 4.78 is 0. The average Bonchev–Trinajstić information content (AvgIpc) is 2.85. The molecule has 0 saturated heterocycles. The molecule has 4 aromatic rings. The highest BCUT2D eigenvalue weighted by molar-refractivity contribution is 5.97. The number of hydrogen-bond acceptors (Lipinski definition) is 8. The molecule has 0 bridgehead atoms. The largest absolute Gasteiger partial charge is 0.393 e. The van der Waals surface area contributed by atoms with Gasteiger partial charge in [-0.25, -0.2) is 0 Å². The van der Waals surface area contributed by atoms with Crippen molar-refractivity contribution in [2.45, 2.75) is 6.92 Å². The number of rotatable bonds is 5. The van der Waals surface area contributed by atoms with Crippen LogP contribution in [0.4, 0.5) is 22.7 Å². The lowest BCUT2D eigenvalue weighted by Gasteiger charge is -2.10. The molecular formula is C24H20N6O5. The Kier molecular flexibility index (Phi) is 7.75. The van der Waals surface area contributed by atoms with Gasteiger partial charge in [0.05, 0.1) is 9.85 Å². The third-order valence-electron chi connectivity index (χ3n) is 4.77. The van der Waals surface area contributed by atoms with Crippen molar-refractivity contribution in [1.29, 1.82) is 0 Å². The number of nitrogens with zero attached hydrogens (tertiary/aromatic N) is 4. The van der Waals surface area contributed by atoms with Gasteiger partial charge in [0.1, 0.15) is 11.4 Å². The van der Waals surface area contributed by atoms with Crippen molar-refractivity contribution in [2.24, 2.45) is 0 Å². The van der Waals surface area contributed by atoms with Crippen molar-refractivity contribution in [3.63, 3.8) is 0 Å². The predicted molar refractivity (Wildman–Crippen MR) is 131 cm³/mol. The molecule has 11 heteroatoms. The zero-order valence-electron chi connectivity index (χ0n) is 18.5. The number of aromatic nitrogens is 2. The van der Waals surface area contributed by atoms with E-state index in [0.717, 1.165) is 5.56 Å². The van der Waals surface area contributed by atoms with Gasteiger partial charge in [-0.1, -0.05) is 36.4 Å². The maximum Gasteiger partial charge on any atom is 0.293 e. The summed E-state index contributed by atoms with van der Waals surface area (Å²) in [7, 11) is 0. The van der Waals surface area contributed by atoms with Gasteiger partial charge in [0, 0.05) is 66.1 Å². The van der Waals surface area contributed by atoms with E-state index in [1.807, 2.05) is 6.07 Å². The summed E-state index contributed by atoms with van der Waals surface area (Å²) in [5.41, 5.74) is 8.54. The second-order valence-corrected chi connectivity index (χ2v) is 7.12. The van der Waals surface area contributed by atoms with Crippen molar-refractivity contribution >= 4 is 28.7 Å². The van der Waals surface area contributed by atoms with E-state index in [4.69, 9.17) is 5.73 Å². The number of nitro benzene ring substituents is 2. The van der Waals surface area contributed by atoms with Crippen molar-refractivity contribution in [1.82, 2.24) is 9.97 Å². The lowest BCUT2D eigenvalue weighted by atomic mass is 10.0. The van der Waals surface area contributed by atoms with E-state index in [1.54, 1.807) is 67.3 Å². The Balaban J connectivity index is 0.000000198. The molecule has 0 saturated carbocycles. The van der Waals surface area contributed by atoms with Crippen LogP contribution in [0.1, 0.15) is 6.92 Å².